The van der Waals surface area contributed by atoms with Gasteiger partial charge in [0.1, 0.15) is 0 Å². The number of hydrogen-bond acceptors (Lipinski definition) is 1. The van der Waals surface area contributed by atoms with Crippen LogP contribution in [0.1, 0.15) is 106 Å². The highest BCUT2D eigenvalue weighted by molar-refractivity contribution is 5.95. The van der Waals surface area contributed by atoms with Gasteiger partial charge in [0.15, 0.2) is 0 Å². The van der Waals surface area contributed by atoms with Crippen LogP contribution >= 0.6 is 0 Å². The normalized spacial score (nSPS) is 20.8. The van der Waals surface area contributed by atoms with Gasteiger partial charge in [0.25, 0.3) is 0 Å². The Morgan fingerprint density at radius 1 is 0.474 bits per heavy atom. The minimum absolute atomic E-state index is 0.143. The van der Waals surface area contributed by atoms with Crippen LogP contribution in [0.3, 0.4) is 0 Å². The van der Waals surface area contributed by atoms with Crippen LogP contribution in [0.2, 0.25) is 0 Å². The maximum Gasteiger partial charge on any atom is 0.0468 e. The predicted molar refractivity (Wildman–Crippen MR) is 241 cm³/mol. The summed E-state index contributed by atoms with van der Waals surface area (Å²) in [5.74, 6) is 3.24. The first-order chi connectivity index (χ1) is 28.0. The van der Waals surface area contributed by atoms with Gasteiger partial charge in [-0.3, -0.25) is 0 Å². The van der Waals surface area contributed by atoms with Crippen LogP contribution in [0.4, 0.5) is 17.1 Å². The first-order valence-corrected chi connectivity index (χ1v) is 21.9. The SMILES string of the molecule is CC1(C)c2cc(N(c3ccc(C4CC5CCC4C5)cc3)c3ccc4ccc(C5CCCCC5)cc4c3)ccc2-c2c(-c3ccc(-c4ccccc4)cc3)cccc21. The van der Waals surface area contributed by atoms with Crippen molar-refractivity contribution in [1.82, 2.24) is 0 Å². The number of fused-ring (bicyclic) bond motifs is 6. The number of benzene rings is 7. The van der Waals surface area contributed by atoms with Gasteiger partial charge in [-0.2, -0.15) is 0 Å². The molecule has 1 heteroatoms. The van der Waals surface area contributed by atoms with Crippen LogP contribution in [-0.4, -0.2) is 0 Å². The van der Waals surface area contributed by atoms with E-state index in [4.69, 9.17) is 0 Å². The van der Waals surface area contributed by atoms with Crippen molar-refractivity contribution in [2.24, 2.45) is 11.8 Å². The molecule has 0 amide bonds. The molecule has 7 aromatic rings. The van der Waals surface area contributed by atoms with Crippen molar-refractivity contribution in [1.29, 1.82) is 0 Å². The zero-order valence-electron chi connectivity index (χ0n) is 33.6. The van der Waals surface area contributed by atoms with Gasteiger partial charge in [0.2, 0.25) is 0 Å². The number of nitrogens with zero attached hydrogens (tertiary/aromatic N) is 1. The Morgan fingerprint density at radius 2 is 1.18 bits per heavy atom. The van der Waals surface area contributed by atoms with E-state index in [1.807, 2.05) is 0 Å². The third kappa shape index (κ3) is 6.05. The topological polar surface area (TPSA) is 3.24 Å². The van der Waals surface area contributed by atoms with Crippen molar-refractivity contribution in [3.05, 3.63) is 174 Å². The highest BCUT2D eigenvalue weighted by Gasteiger charge is 2.40. The second-order valence-electron chi connectivity index (χ2n) is 18.4. The third-order valence-corrected chi connectivity index (χ3v) is 14.7. The van der Waals surface area contributed by atoms with Crippen LogP contribution in [0.15, 0.2) is 152 Å². The summed E-state index contributed by atoms with van der Waals surface area (Å²) in [4.78, 5) is 2.53. The summed E-state index contributed by atoms with van der Waals surface area (Å²) < 4.78 is 0. The zero-order valence-corrected chi connectivity index (χ0v) is 33.6. The minimum Gasteiger partial charge on any atom is -0.310 e. The zero-order chi connectivity index (χ0) is 38.1. The summed E-state index contributed by atoms with van der Waals surface area (Å²) in [5, 5.41) is 2.66. The molecule has 3 fully saturated rings. The monoisotopic (exact) mass is 739 g/mol. The molecule has 282 valence electrons. The molecule has 3 saturated carbocycles. The van der Waals surface area contributed by atoms with E-state index in [-0.39, 0.29) is 5.41 Å². The fraction of sp³-hybridized carbons (Fsp3) is 0.286. The van der Waals surface area contributed by atoms with Gasteiger partial charge in [-0.25, -0.2) is 0 Å². The molecule has 0 N–H and O–H groups in total. The van der Waals surface area contributed by atoms with Gasteiger partial charge in [-0.05, 0) is 159 Å². The molecule has 57 heavy (non-hydrogen) atoms. The Kier molecular flexibility index (Phi) is 8.50. The van der Waals surface area contributed by atoms with Crippen molar-refractivity contribution < 1.29 is 0 Å². The summed E-state index contributed by atoms with van der Waals surface area (Å²) in [6, 6.07) is 58.2. The molecule has 0 aliphatic heterocycles. The lowest BCUT2D eigenvalue weighted by Gasteiger charge is -2.29. The van der Waals surface area contributed by atoms with E-state index in [1.54, 1.807) is 0 Å². The van der Waals surface area contributed by atoms with Crippen LogP contribution < -0.4 is 4.90 Å². The van der Waals surface area contributed by atoms with Crippen molar-refractivity contribution in [2.75, 3.05) is 4.90 Å². The van der Waals surface area contributed by atoms with Crippen molar-refractivity contribution >= 4 is 27.8 Å². The fourth-order valence-electron chi connectivity index (χ4n) is 11.7. The van der Waals surface area contributed by atoms with Crippen molar-refractivity contribution in [2.45, 2.75) is 88.9 Å². The van der Waals surface area contributed by atoms with E-state index < -0.39 is 0 Å². The maximum absolute atomic E-state index is 2.53. The largest absolute Gasteiger partial charge is 0.310 e. The van der Waals surface area contributed by atoms with Crippen LogP contribution in [0.25, 0.3) is 44.2 Å². The Bertz CT molecular complexity index is 2590. The van der Waals surface area contributed by atoms with Gasteiger partial charge >= 0.3 is 0 Å². The van der Waals surface area contributed by atoms with Gasteiger partial charge in [-0.15, -0.1) is 0 Å². The van der Waals surface area contributed by atoms with E-state index in [0.717, 1.165) is 17.8 Å². The molecule has 7 aromatic carbocycles. The van der Waals surface area contributed by atoms with Crippen LogP contribution in [-0.2, 0) is 5.41 Å². The second-order valence-corrected chi connectivity index (χ2v) is 18.4. The molecule has 4 aliphatic carbocycles. The molecular formula is C56H53N. The highest BCUT2D eigenvalue weighted by atomic mass is 15.1. The van der Waals surface area contributed by atoms with E-state index in [2.05, 4.69) is 170 Å². The first-order valence-electron chi connectivity index (χ1n) is 21.9. The summed E-state index contributed by atoms with van der Waals surface area (Å²) in [5.41, 5.74) is 17.2. The van der Waals surface area contributed by atoms with Gasteiger partial charge < -0.3 is 4.90 Å². The standard InChI is InChI=1S/C56H53N/c1-56(2)53-15-9-14-50(42-21-18-40(19-22-42)38-10-5-3-6-11-38)55(53)51-31-30-49(36-54(51)56)57(47-27-25-43(26-28-47)52-33-37-16-17-45(52)32-37)48-29-24-41-20-23-44(34-46(41)35-48)39-12-7-4-8-13-39/h3,5-6,9-11,14-15,18-31,34-37,39,45,52H,4,7-8,12-13,16-17,32-33H2,1-2H3. The lowest BCUT2D eigenvalue weighted by Crippen LogP contribution is -2.16. The Morgan fingerprint density at radius 3 is 1.95 bits per heavy atom. The molecule has 0 spiro atoms. The van der Waals surface area contributed by atoms with E-state index >= 15 is 0 Å². The smallest absolute Gasteiger partial charge is 0.0468 e. The average Bonchev–Trinajstić information content (AvgIpc) is 3.97. The molecular weight excluding hydrogens is 687 g/mol. The fourth-order valence-corrected chi connectivity index (χ4v) is 11.7. The third-order valence-electron chi connectivity index (χ3n) is 14.7. The van der Waals surface area contributed by atoms with Gasteiger partial charge in [0.05, 0.1) is 0 Å². The Labute approximate surface area is 339 Å². The van der Waals surface area contributed by atoms with Crippen LogP contribution in [0, 0.1) is 11.8 Å². The van der Waals surface area contributed by atoms with Crippen molar-refractivity contribution in [3.63, 3.8) is 0 Å². The maximum atomic E-state index is 2.53. The predicted octanol–water partition coefficient (Wildman–Crippen LogP) is 15.9. The molecule has 0 saturated heterocycles. The van der Waals surface area contributed by atoms with Crippen LogP contribution in [0.5, 0.6) is 0 Å². The lowest BCUT2D eigenvalue weighted by molar-refractivity contribution is 0.420. The Balaban J connectivity index is 1.01. The molecule has 0 heterocycles. The van der Waals surface area contributed by atoms with Gasteiger partial charge in [0, 0.05) is 22.5 Å². The van der Waals surface area contributed by atoms with E-state index in [9.17, 15) is 0 Å². The molecule has 0 radical (unpaired) electrons. The molecule has 3 unspecified atom stereocenters. The second kappa shape index (κ2) is 13.9. The molecule has 0 aromatic heterocycles. The summed E-state index contributed by atoms with van der Waals surface area (Å²) in [7, 11) is 0. The average molecular weight is 740 g/mol. The Hall–Kier alpha value is -5.40. The molecule has 2 bridgehead atoms. The molecule has 4 aliphatic rings. The number of rotatable bonds is 7. The summed E-state index contributed by atoms with van der Waals surface area (Å²) in [6.07, 6.45) is 12.4. The molecule has 11 rings (SSSR count). The molecule has 3 atom stereocenters. The van der Waals surface area contributed by atoms with E-state index in [0.29, 0.717) is 5.92 Å². The summed E-state index contributed by atoms with van der Waals surface area (Å²) in [6.45, 7) is 4.84. The minimum atomic E-state index is -0.143. The van der Waals surface area contributed by atoms with Crippen molar-refractivity contribution in [3.8, 4) is 33.4 Å². The quantitative estimate of drug-likeness (QED) is 0.157. The first kappa shape index (κ1) is 34.8. The van der Waals surface area contributed by atoms with E-state index in [1.165, 1.54) is 141 Å². The lowest BCUT2D eigenvalue weighted by atomic mass is 9.81. The number of hydrogen-bond donors (Lipinski definition) is 0. The number of anilines is 3. The highest BCUT2D eigenvalue weighted by Crippen LogP contribution is 2.55. The summed E-state index contributed by atoms with van der Waals surface area (Å²) >= 11 is 0. The van der Waals surface area contributed by atoms with Gasteiger partial charge in [-0.1, -0.05) is 155 Å². The molecule has 1 nitrogen and oxygen atoms in total.